The van der Waals surface area contributed by atoms with Crippen molar-refractivity contribution in [1.29, 1.82) is 0 Å². The number of benzene rings is 1. The number of hydrogen-bond donors (Lipinski definition) is 0. The third-order valence-corrected chi connectivity index (χ3v) is 5.66. The Kier molecular flexibility index (Phi) is 3.31. The van der Waals surface area contributed by atoms with Gasteiger partial charge >= 0.3 is 0 Å². The van der Waals surface area contributed by atoms with Gasteiger partial charge < -0.3 is 0 Å². The summed E-state index contributed by atoms with van der Waals surface area (Å²) in [6.07, 6.45) is 7.17. The van der Waals surface area contributed by atoms with E-state index in [1.165, 1.54) is 11.1 Å². The Balaban J connectivity index is 2.11. The molecule has 100 valence electrons. The fourth-order valence-corrected chi connectivity index (χ4v) is 5.08. The summed E-state index contributed by atoms with van der Waals surface area (Å²) in [7, 11) is -2.89. The number of rotatable bonds is 1. The molecule has 1 heterocycles. The molecule has 1 aromatic carbocycles. The van der Waals surface area contributed by atoms with E-state index in [4.69, 9.17) is 0 Å². The molecule has 1 aliphatic carbocycles. The minimum Gasteiger partial charge on any atom is -0.228 e. The fourth-order valence-electron chi connectivity index (χ4n) is 3.10. The van der Waals surface area contributed by atoms with Gasteiger partial charge in [-0.1, -0.05) is 42.5 Å². The summed E-state index contributed by atoms with van der Waals surface area (Å²) in [4.78, 5) is 0. The van der Waals surface area contributed by atoms with Crippen molar-refractivity contribution in [2.45, 2.75) is 19.3 Å². The largest absolute Gasteiger partial charge is 0.228 e. The minimum absolute atomic E-state index is 0.227. The molecule has 1 atom stereocenters. The Morgan fingerprint density at radius 1 is 1.05 bits per heavy atom. The molecule has 0 N–H and O–H groups in total. The number of allylic oxidation sites excluding steroid dienone is 3. The van der Waals surface area contributed by atoms with E-state index in [1.807, 2.05) is 18.2 Å². The van der Waals surface area contributed by atoms with Crippen molar-refractivity contribution < 1.29 is 8.42 Å². The SMILES string of the molecule is O=S1(=O)C/C2=C(\c3ccccc3)C/C=C\CCC2C1. The zero-order valence-electron chi connectivity index (χ0n) is 10.9. The van der Waals surface area contributed by atoms with E-state index in [1.54, 1.807) is 0 Å². The predicted octanol–water partition coefficient (Wildman–Crippen LogP) is 3.22. The van der Waals surface area contributed by atoms with Gasteiger partial charge in [0.1, 0.15) is 0 Å². The maximum atomic E-state index is 11.9. The van der Waals surface area contributed by atoms with Crippen LogP contribution in [0.3, 0.4) is 0 Å². The summed E-state index contributed by atoms with van der Waals surface area (Å²) < 4.78 is 23.9. The Labute approximate surface area is 114 Å². The normalized spacial score (nSPS) is 31.3. The summed E-state index contributed by atoms with van der Waals surface area (Å²) >= 11 is 0. The van der Waals surface area contributed by atoms with Gasteiger partial charge in [0.2, 0.25) is 0 Å². The van der Waals surface area contributed by atoms with Crippen LogP contribution in [0.15, 0.2) is 48.1 Å². The Morgan fingerprint density at radius 3 is 2.63 bits per heavy atom. The van der Waals surface area contributed by atoms with Crippen LogP contribution in [0, 0.1) is 5.92 Å². The molecule has 0 radical (unpaired) electrons. The highest BCUT2D eigenvalue weighted by molar-refractivity contribution is 7.91. The first-order valence-electron chi connectivity index (χ1n) is 6.78. The number of fused-ring (bicyclic) bond motifs is 1. The molecular formula is C16H18O2S. The summed E-state index contributed by atoms with van der Waals surface area (Å²) in [5.74, 6) is 0.826. The minimum atomic E-state index is -2.89. The lowest BCUT2D eigenvalue weighted by atomic mass is 9.86. The van der Waals surface area contributed by atoms with Gasteiger partial charge in [-0.3, -0.25) is 0 Å². The van der Waals surface area contributed by atoms with Gasteiger partial charge in [-0.05, 0) is 41.9 Å². The maximum Gasteiger partial charge on any atom is 0.154 e. The van der Waals surface area contributed by atoms with Crippen LogP contribution in [0.1, 0.15) is 24.8 Å². The van der Waals surface area contributed by atoms with Gasteiger partial charge in [0.05, 0.1) is 11.5 Å². The van der Waals surface area contributed by atoms with E-state index in [0.717, 1.165) is 24.8 Å². The molecule has 0 amide bonds. The number of sulfone groups is 1. The molecule has 0 bridgehead atoms. The molecule has 0 spiro atoms. The Bertz CT molecular complexity index is 624. The standard InChI is InChI=1S/C16H18O2S/c17-19(18)11-14-9-5-2-6-10-15(16(14)12-19)13-7-3-1-4-8-13/h1-4,6-8,14H,5,9-12H2/b6-2-,16-15+. The molecule has 2 nitrogen and oxygen atoms in total. The first-order chi connectivity index (χ1) is 9.16. The highest BCUT2D eigenvalue weighted by Crippen LogP contribution is 2.37. The second-order valence-corrected chi connectivity index (χ2v) is 7.48. The molecule has 1 unspecified atom stereocenters. The molecule has 1 saturated heterocycles. The molecule has 3 rings (SSSR count). The first-order valence-corrected chi connectivity index (χ1v) is 8.60. The first kappa shape index (κ1) is 12.7. The highest BCUT2D eigenvalue weighted by atomic mass is 32.2. The molecule has 0 aromatic heterocycles. The van der Waals surface area contributed by atoms with E-state index < -0.39 is 9.84 Å². The van der Waals surface area contributed by atoms with Crippen LogP contribution < -0.4 is 0 Å². The predicted molar refractivity (Wildman–Crippen MR) is 78.5 cm³/mol. The zero-order chi connectivity index (χ0) is 13.3. The average molecular weight is 274 g/mol. The third-order valence-electron chi connectivity index (χ3n) is 4.00. The van der Waals surface area contributed by atoms with Crippen molar-refractivity contribution >= 4 is 15.4 Å². The van der Waals surface area contributed by atoms with Crippen molar-refractivity contribution in [3.63, 3.8) is 0 Å². The summed E-state index contributed by atoms with van der Waals surface area (Å²) in [5.41, 5.74) is 3.56. The zero-order valence-corrected chi connectivity index (χ0v) is 11.7. The summed E-state index contributed by atoms with van der Waals surface area (Å²) in [5, 5.41) is 0. The van der Waals surface area contributed by atoms with Crippen LogP contribution in [-0.2, 0) is 9.84 Å². The number of hydrogen-bond acceptors (Lipinski definition) is 2. The van der Waals surface area contributed by atoms with Gasteiger partial charge in [-0.2, -0.15) is 0 Å². The topological polar surface area (TPSA) is 34.1 Å². The molecule has 1 fully saturated rings. The van der Waals surface area contributed by atoms with Gasteiger partial charge in [0.15, 0.2) is 9.84 Å². The fraction of sp³-hybridized carbons (Fsp3) is 0.375. The van der Waals surface area contributed by atoms with Crippen molar-refractivity contribution in [2.75, 3.05) is 11.5 Å². The van der Waals surface area contributed by atoms with Crippen LogP contribution in [0.4, 0.5) is 0 Å². The van der Waals surface area contributed by atoms with Crippen LogP contribution >= 0.6 is 0 Å². The van der Waals surface area contributed by atoms with Crippen molar-refractivity contribution in [3.05, 3.63) is 53.6 Å². The summed E-state index contributed by atoms with van der Waals surface area (Å²) in [6, 6.07) is 10.2. The lowest BCUT2D eigenvalue weighted by molar-refractivity contribution is 0.590. The molecule has 19 heavy (non-hydrogen) atoms. The molecule has 0 saturated carbocycles. The van der Waals surface area contributed by atoms with E-state index >= 15 is 0 Å². The van der Waals surface area contributed by atoms with Crippen LogP contribution in [-0.4, -0.2) is 19.9 Å². The lowest BCUT2D eigenvalue weighted by Gasteiger charge is -2.17. The van der Waals surface area contributed by atoms with Gasteiger partial charge in [0, 0.05) is 0 Å². The molecule has 1 aliphatic heterocycles. The maximum absolute atomic E-state index is 11.9. The molecule has 3 heteroatoms. The monoisotopic (exact) mass is 274 g/mol. The second-order valence-electron chi connectivity index (χ2n) is 5.37. The van der Waals surface area contributed by atoms with E-state index in [2.05, 4.69) is 24.3 Å². The average Bonchev–Trinajstić information content (AvgIpc) is 2.66. The quantitative estimate of drug-likeness (QED) is 0.737. The molecule has 2 aliphatic rings. The smallest absolute Gasteiger partial charge is 0.154 e. The van der Waals surface area contributed by atoms with Gasteiger partial charge in [-0.25, -0.2) is 8.42 Å². The third kappa shape index (κ3) is 2.66. The van der Waals surface area contributed by atoms with Crippen LogP contribution in [0.25, 0.3) is 5.57 Å². The second kappa shape index (κ2) is 4.97. The Hall–Kier alpha value is -1.35. The highest BCUT2D eigenvalue weighted by Gasteiger charge is 2.34. The van der Waals surface area contributed by atoms with Crippen LogP contribution in [0.5, 0.6) is 0 Å². The van der Waals surface area contributed by atoms with E-state index in [-0.39, 0.29) is 11.7 Å². The van der Waals surface area contributed by atoms with Crippen molar-refractivity contribution in [1.82, 2.24) is 0 Å². The van der Waals surface area contributed by atoms with Crippen LogP contribution in [0.2, 0.25) is 0 Å². The lowest BCUT2D eigenvalue weighted by Crippen LogP contribution is -2.06. The Morgan fingerprint density at radius 2 is 1.84 bits per heavy atom. The van der Waals surface area contributed by atoms with E-state index in [0.29, 0.717) is 5.75 Å². The van der Waals surface area contributed by atoms with E-state index in [9.17, 15) is 8.42 Å². The van der Waals surface area contributed by atoms with Gasteiger partial charge in [0.25, 0.3) is 0 Å². The van der Waals surface area contributed by atoms with Crippen molar-refractivity contribution in [2.24, 2.45) is 5.92 Å². The van der Waals surface area contributed by atoms with Crippen molar-refractivity contribution in [3.8, 4) is 0 Å². The molecule has 1 aromatic rings. The van der Waals surface area contributed by atoms with Gasteiger partial charge in [-0.15, -0.1) is 0 Å². The molecular weight excluding hydrogens is 256 g/mol. The summed E-state index contributed by atoms with van der Waals surface area (Å²) in [6.45, 7) is 0.